The van der Waals surface area contributed by atoms with Crippen LogP contribution in [0.25, 0.3) is 22.8 Å². The summed E-state index contributed by atoms with van der Waals surface area (Å²) in [4.78, 5) is 16.8. The molecule has 0 fully saturated rings. The monoisotopic (exact) mass is 422 g/mol. The molecule has 0 aliphatic carbocycles. The molecule has 1 amide bonds. The van der Waals surface area contributed by atoms with Crippen molar-refractivity contribution in [3.8, 4) is 5.69 Å². The number of nitrogens with zero attached hydrogens (tertiary/aromatic N) is 3. The van der Waals surface area contributed by atoms with E-state index in [1.165, 1.54) is 6.08 Å². The summed E-state index contributed by atoms with van der Waals surface area (Å²) in [7, 11) is 0. The van der Waals surface area contributed by atoms with Crippen LogP contribution >= 0.6 is 23.2 Å². The predicted molar refractivity (Wildman–Crippen MR) is 118 cm³/mol. The maximum atomic E-state index is 12.3. The van der Waals surface area contributed by atoms with Crippen molar-refractivity contribution in [1.82, 2.24) is 14.8 Å². The van der Waals surface area contributed by atoms with Crippen molar-refractivity contribution in [1.29, 1.82) is 0 Å². The highest BCUT2D eigenvalue weighted by molar-refractivity contribution is 6.42. The summed E-state index contributed by atoms with van der Waals surface area (Å²) < 4.78 is 1.79. The quantitative estimate of drug-likeness (QED) is 0.429. The Hall–Kier alpha value is -3.15. The maximum Gasteiger partial charge on any atom is 0.248 e. The largest absolute Gasteiger partial charge is 0.321 e. The van der Waals surface area contributed by atoms with Gasteiger partial charge in [0.05, 0.1) is 33.3 Å². The van der Waals surface area contributed by atoms with E-state index < -0.39 is 0 Å². The Kier molecular flexibility index (Phi) is 5.34. The Morgan fingerprint density at radius 2 is 1.86 bits per heavy atom. The van der Waals surface area contributed by atoms with Crippen LogP contribution in [0.5, 0.6) is 0 Å². The molecule has 0 atom stereocenters. The number of aromatic nitrogens is 3. The van der Waals surface area contributed by atoms with E-state index in [9.17, 15) is 4.79 Å². The van der Waals surface area contributed by atoms with Crippen LogP contribution in [-0.4, -0.2) is 20.7 Å². The molecule has 2 aromatic carbocycles. The van der Waals surface area contributed by atoms with Crippen LogP contribution in [0.4, 0.5) is 5.69 Å². The van der Waals surface area contributed by atoms with E-state index >= 15 is 0 Å². The standard InChI is InChI=1S/C22H16Cl2N4O/c1-14-18-12-16(13-25-22(18)28(27-14)17-5-3-2-4-6-17)26-21(29)10-8-15-7-9-19(23)20(24)11-15/h2-13H,1H3,(H,26,29)/b10-8+. The van der Waals surface area contributed by atoms with Gasteiger partial charge in [0.1, 0.15) is 0 Å². The maximum absolute atomic E-state index is 12.3. The van der Waals surface area contributed by atoms with Gasteiger partial charge in [-0.05, 0) is 48.9 Å². The molecule has 2 aromatic heterocycles. The lowest BCUT2D eigenvalue weighted by molar-refractivity contribution is -0.111. The molecule has 1 N–H and O–H groups in total. The van der Waals surface area contributed by atoms with Crippen LogP contribution in [0.2, 0.25) is 10.0 Å². The lowest BCUT2D eigenvalue weighted by Gasteiger charge is -2.04. The lowest BCUT2D eigenvalue weighted by Crippen LogP contribution is -2.08. The second-order valence-electron chi connectivity index (χ2n) is 6.42. The first-order valence-electron chi connectivity index (χ1n) is 8.86. The number of rotatable bonds is 4. The number of anilines is 1. The molecular weight excluding hydrogens is 407 g/mol. The number of pyridine rings is 1. The van der Waals surface area contributed by atoms with Gasteiger partial charge in [-0.25, -0.2) is 9.67 Å². The van der Waals surface area contributed by atoms with Gasteiger partial charge in [-0.3, -0.25) is 4.79 Å². The number of halogens is 2. The van der Waals surface area contributed by atoms with Gasteiger partial charge in [0.2, 0.25) is 5.91 Å². The van der Waals surface area contributed by atoms with Crippen molar-refractivity contribution in [2.45, 2.75) is 6.92 Å². The molecule has 0 saturated carbocycles. The number of aryl methyl sites for hydroxylation is 1. The summed E-state index contributed by atoms with van der Waals surface area (Å²) in [5, 5.41) is 9.18. The molecule has 0 radical (unpaired) electrons. The first-order chi connectivity index (χ1) is 14.0. The van der Waals surface area contributed by atoms with Crippen molar-refractivity contribution in [2.24, 2.45) is 0 Å². The number of nitrogens with one attached hydrogen (secondary N) is 1. The lowest BCUT2D eigenvalue weighted by atomic mass is 10.2. The van der Waals surface area contributed by atoms with Crippen molar-refractivity contribution in [3.05, 3.63) is 88.2 Å². The minimum atomic E-state index is -0.273. The van der Waals surface area contributed by atoms with E-state index in [1.807, 2.05) is 43.3 Å². The van der Waals surface area contributed by atoms with Crippen LogP contribution in [0.1, 0.15) is 11.3 Å². The minimum absolute atomic E-state index is 0.273. The smallest absolute Gasteiger partial charge is 0.248 e. The van der Waals surface area contributed by atoms with Gasteiger partial charge in [0.25, 0.3) is 0 Å². The van der Waals surface area contributed by atoms with E-state index in [0.29, 0.717) is 15.7 Å². The zero-order valence-corrected chi connectivity index (χ0v) is 16.9. The number of hydrogen-bond donors (Lipinski definition) is 1. The number of carbonyl (C=O) groups excluding carboxylic acids is 1. The summed E-state index contributed by atoms with van der Waals surface area (Å²) in [6.45, 7) is 1.92. The van der Waals surface area contributed by atoms with E-state index in [-0.39, 0.29) is 5.91 Å². The topological polar surface area (TPSA) is 59.8 Å². The van der Waals surface area contributed by atoms with E-state index in [0.717, 1.165) is 28.0 Å². The molecule has 5 nitrogen and oxygen atoms in total. The highest BCUT2D eigenvalue weighted by Gasteiger charge is 2.11. The van der Waals surface area contributed by atoms with Gasteiger partial charge < -0.3 is 5.32 Å². The van der Waals surface area contributed by atoms with Gasteiger partial charge in [-0.1, -0.05) is 47.5 Å². The zero-order valence-electron chi connectivity index (χ0n) is 15.4. The molecule has 0 saturated heterocycles. The van der Waals surface area contributed by atoms with E-state index in [1.54, 1.807) is 35.2 Å². The van der Waals surface area contributed by atoms with Gasteiger partial charge in [-0.2, -0.15) is 5.10 Å². The third-order valence-electron chi connectivity index (χ3n) is 4.35. The summed E-state index contributed by atoms with van der Waals surface area (Å²) in [6.07, 6.45) is 4.72. The fourth-order valence-corrected chi connectivity index (χ4v) is 3.24. The van der Waals surface area contributed by atoms with Crippen LogP contribution in [0.15, 0.2) is 66.9 Å². The predicted octanol–water partition coefficient (Wildman–Crippen LogP) is 5.69. The van der Waals surface area contributed by atoms with Crippen LogP contribution < -0.4 is 5.32 Å². The molecule has 0 spiro atoms. The normalized spacial score (nSPS) is 11.3. The first-order valence-corrected chi connectivity index (χ1v) is 9.62. The summed E-state index contributed by atoms with van der Waals surface area (Å²) >= 11 is 11.9. The average molecular weight is 423 g/mol. The van der Waals surface area contributed by atoms with Crippen molar-refractivity contribution in [2.75, 3.05) is 5.32 Å². The molecule has 7 heteroatoms. The molecule has 0 bridgehead atoms. The number of benzene rings is 2. The number of carbonyl (C=O) groups is 1. The third-order valence-corrected chi connectivity index (χ3v) is 5.09. The van der Waals surface area contributed by atoms with E-state index in [2.05, 4.69) is 15.4 Å². The Morgan fingerprint density at radius 3 is 2.62 bits per heavy atom. The molecule has 0 unspecified atom stereocenters. The first kappa shape index (κ1) is 19.2. The number of para-hydroxylation sites is 1. The third kappa shape index (κ3) is 4.16. The number of hydrogen-bond acceptors (Lipinski definition) is 3. The molecule has 4 aromatic rings. The second-order valence-corrected chi connectivity index (χ2v) is 7.24. The Bertz CT molecular complexity index is 1230. The van der Waals surface area contributed by atoms with Crippen LogP contribution in [0.3, 0.4) is 0 Å². The number of amides is 1. The fourth-order valence-electron chi connectivity index (χ4n) is 2.93. The highest BCUT2D eigenvalue weighted by Crippen LogP contribution is 2.24. The van der Waals surface area contributed by atoms with Gasteiger partial charge in [0, 0.05) is 11.5 Å². The summed E-state index contributed by atoms with van der Waals surface area (Å²) in [6, 6.07) is 16.8. The zero-order chi connectivity index (χ0) is 20.4. The molecule has 2 heterocycles. The van der Waals surface area contributed by atoms with Crippen molar-refractivity contribution < 1.29 is 4.79 Å². The Labute approximate surface area is 177 Å². The molecule has 0 aliphatic rings. The molecule has 4 rings (SSSR count). The highest BCUT2D eigenvalue weighted by atomic mass is 35.5. The van der Waals surface area contributed by atoms with Gasteiger partial charge >= 0.3 is 0 Å². The minimum Gasteiger partial charge on any atom is -0.321 e. The van der Waals surface area contributed by atoms with Gasteiger partial charge in [-0.15, -0.1) is 0 Å². The summed E-state index contributed by atoms with van der Waals surface area (Å²) in [5.74, 6) is -0.273. The van der Waals surface area contributed by atoms with Crippen LogP contribution in [0, 0.1) is 6.92 Å². The second kappa shape index (κ2) is 8.07. The molecule has 144 valence electrons. The molecule has 29 heavy (non-hydrogen) atoms. The average Bonchev–Trinajstić information content (AvgIpc) is 3.06. The molecule has 0 aliphatic heterocycles. The number of fused-ring (bicyclic) bond motifs is 1. The summed E-state index contributed by atoms with van der Waals surface area (Å²) in [5.41, 5.74) is 3.87. The Balaban J connectivity index is 1.55. The SMILES string of the molecule is Cc1nn(-c2ccccc2)c2ncc(NC(=O)/C=C/c3ccc(Cl)c(Cl)c3)cc12. The Morgan fingerprint density at radius 1 is 1.07 bits per heavy atom. The van der Waals surface area contributed by atoms with Gasteiger partial charge in [0.15, 0.2) is 5.65 Å². The van der Waals surface area contributed by atoms with E-state index in [4.69, 9.17) is 23.2 Å². The molecular formula is C22H16Cl2N4O. The fraction of sp³-hybridized carbons (Fsp3) is 0.0455. The van der Waals surface area contributed by atoms with Crippen LogP contribution in [-0.2, 0) is 4.79 Å². The van der Waals surface area contributed by atoms with Crippen molar-refractivity contribution >= 4 is 51.9 Å². The van der Waals surface area contributed by atoms with Crippen molar-refractivity contribution in [3.63, 3.8) is 0 Å².